The fraction of sp³-hybridized carbons (Fsp3) is 0.125. The van der Waals surface area contributed by atoms with Crippen molar-refractivity contribution in [2.24, 2.45) is 4.40 Å². The van der Waals surface area contributed by atoms with E-state index >= 15 is 0 Å². The Kier molecular flexibility index (Phi) is 3.30. The van der Waals surface area contributed by atoms with Crippen molar-refractivity contribution in [1.82, 2.24) is 0 Å². The number of hydrogen-bond donors (Lipinski definition) is 0. The Labute approximate surface area is 75.7 Å². The van der Waals surface area contributed by atoms with E-state index in [1.54, 1.807) is 0 Å². The highest BCUT2D eigenvalue weighted by atomic mass is 32.2. The van der Waals surface area contributed by atoms with Gasteiger partial charge in [-0.1, -0.05) is 18.2 Å². The van der Waals surface area contributed by atoms with Crippen LogP contribution in [0.5, 0.6) is 0 Å². The molecule has 1 aromatic carbocycles. The Hall–Kier alpha value is -0.630. The van der Waals surface area contributed by atoms with Gasteiger partial charge in [0.1, 0.15) is 0 Å². The summed E-state index contributed by atoms with van der Waals surface area (Å²) in [5.41, 5.74) is 1.21. The van der Waals surface area contributed by atoms with E-state index in [1.165, 1.54) is 17.5 Å². The molecule has 0 saturated carbocycles. The van der Waals surface area contributed by atoms with Gasteiger partial charge in [-0.2, -0.15) is 4.40 Å². The number of hydrogen-bond acceptors (Lipinski definition) is 3. The van der Waals surface area contributed by atoms with Crippen molar-refractivity contribution >= 4 is 29.3 Å². The quantitative estimate of drug-likeness (QED) is 0.395. The lowest BCUT2D eigenvalue weighted by atomic mass is 10.2. The highest BCUT2D eigenvalue weighted by Crippen LogP contribution is 2.21. The molecular formula is C8H7NS2. The number of thiocarbonyl (C=S) groups is 1. The van der Waals surface area contributed by atoms with Crippen molar-refractivity contribution in [1.29, 1.82) is 0 Å². The minimum Gasteiger partial charge on any atom is -0.156 e. The zero-order valence-electron chi connectivity index (χ0n) is 6.07. The molecule has 0 aliphatic heterocycles. The van der Waals surface area contributed by atoms with E-state index in [2.05, 4.69) is 21.8 Å². The molecule has 0 spiro atoms. The van der Waals surface area contributed by atoms with E-state index < -0.39 is 0 Å². The number of isothiocyanates is 1. The summed E-state index contributed by atoms with van der Waals surface area (Å²) in [5, 5.41) is 2.31. The Morgan fingerprint density at radius 1 is 1.45 bits per heavy atom. The smallest absolute Gasteiger partial charge is 0.0722 e. The largest absolute Gasteiger partial charge is 0.156 e. The molecule has 0 saturated heterocycles. The van der Waals surface area contributed by atoms with Gasteiger partial charge in [0.25, 0.3) is 0 Å². The highest BCUT2D eigenvalue weighted by molar-refractivity contribution is 7.98. The molecule has 1 rings (SSSR count). The van der Waals surface area contributed by atoms with Crippen LogP contribution in [0.4, 0.5) is 0 Å². The predicted octanol–water partition coefficient (Wildman–Crippen LogP) is 3.10. The summed E-state index contributed by atoms with van der Waals surface area (Å²) in [5.74, 6) is 0. The van der Waals surface area contributed by atoms with Crippen molar-refractivity contribution in [2.45, 2.75) is 11.8 Å². The lowest BCUT2D eigenvalue weighted by Crippen LogP contribution is -1.74. The molecule has 0 fully saturated rings. The van der Waals surface area contributed by atoms with Crippen molar-refractivity contribution in [2.75, 3.05) is 0 Å². The van der Waals surface area contributed by atoms with E-state index in [-0.39, 0.29) is 0 Å². The Morgan fingerprint density at radius 3 is 2.82 bits per heavy atom. The summed E-state index contributed by atoms with van der Waals surface area (Å²) in [6, 6.07) is 8.03. The fourth-order valence-corrected chi connectivity index (χ4v) is 1.33. The molecule has 0 unspecified atom stereocenters. The van der Waals surface area contributed by atoms with Gasteiger partial charge >= 0.3 is 0 Å². The average molecular weight is 181 g/mol. The lowest BCUT2D eigenvalue weighted by molar-refractivity contribution is 1.30. The van der Waals surface area contributed by atoms with E-state index in [9.17, 15) is 0 Å². The van der Waals surface area contributed by atoms with Gasteiger partial charge in [0, 0.05) is 16.8 Å². The SMILES string of the molecule is Cc1ccccc1SN=C=S. The van der Waals surface area contributed by atoms with E-state index in [0.717, 1.165) is 4.90 Å². The van der Waals surface area contributed by atoms with Crippen LogP contribution in [0.3, 0.4) is 0 Å². The lowest BCUT2D eigenvalue weighted by Gasteiger charge is -1.97. The third kappa shape index (κ3) is 2.46. The number of benzene rings is 1. The van der Waals surface area contributed by atoms with Crippen molar-refractivity contribution in [3.05, 3.63) is 29.8 Å². The minimum atomic E-state index is 1.13. The highest BCUT2D eigenvalue weighted by Gasteiger charge is 1.93. The second-order valence-electron chi connectivity index (χ2n) is 2.04. The molecular weight excluding hydrogens is 174 g/mol. The maximum absolute atomic E-state index is 4.46. The first kappa shape index (κ1) is 8.47. The van der Waals surface area contributed by atoms with Crippen LogP contribution in [0.15, 0.2) is 33.6 Å². The summed E-state index contributed by atoms with van der Waals surface area (Å²) in [6.45, 7) is 2.04. The molecule has 0 radical (unpaired) electrons. The van der Waals surface area contributed by atoms with Crippen LogP contribution in [0.2, 0.25) is 0 Å². The van der Waals surface area contributed by atoms with Gasteiger partial charge in [0.2, 0.25) is 0 Å². The van der Waals surface area contributed by atoms with Gasteiger partial charge in [-0.25, -0.2) is 0 Å². The maximum atomic E-state index is 4.46. The van der Waals surface area contributed by atoms with E-state index in [0.29, 0.717) is 0 Å². The van der Waals surface area contributed by atoms with Crippen molar-refractivity contribution in [3.8, 4) is 0 Å². The molecule has 11 heavy (non-hydrogen) atoms. The predicted molar refractivity (Wildman–Crippen MR) is 52.1 cm³/mol. The molecule has 0 atom stereocenters. The number of nitrogens with zero attached hydrogens (tertiary/aromatic N) is 1. The van der Waals surface area contributed by atoms with Crippen LogP contribution >= 0.6 is 24.2 Å². The standard InChI is InChI=1S/C8H7NS2/c1-7-4-2-3-5-8(7)11-9-6-10/h2-5H,1H3. The summed E-state index contributed by atoms with van der Waals surface area (Å²) in [6.07, 6.45) is 0. The van der Waals surface area contributed by atoms with Gasteiger partial charge in [-0.05, 0) is 30.8 Å². The molecule has 0 aliphatic carbocycles. The van der Waals surface area contributed by atoms with Crippen LogP contribution in [0.1, 0.15) is 5.56 Å². The number of aryl methyl sites for hydroxylation is 1. The summed E-state index contributed by atoms with van der Waals surface area (Å²) in [7, 11) is 0. The van der Waals surface area contributed by atoms with Gasteiger partial charge in [0.05, 0.1) is 5.16 Å². The third-order valence-corrected chi connectivity index (χ3v) is 2.32. The topological polar surface area (TPSA) is 12.4 Å². The molecule has 0 N–H and O–H groups in total. The van der Waals surface area contributed by atoms with Gasteiger partial charge in [-0.15, -0.1) is 0 Å². The maximum Gasteiger partial charge on any atom is 0.0722 e. The van der Waals surface area contributed by atoms with E-state index in [1.807, 2.05) is 31.2 Å². The minimum absolute atomic E-state index is 1.13. The first-order chi connectivity index (χ1) is 5.34. The van der Waals surface area contributed by atoms with Crippen LogP contribution in [0.25, 0.3) is 0 Å². The molecule has 1 aromatic rings. The Morgan fingerprint density at radius 2 is 2.18 bits per heavy atom. The molecule has 0 bridgehead atoms. The molecule has 56 valence electrons. The van der Waals surface area contributed by atoms with Gasteiger partial charge in [-0.3, -0.25) is 0 Å². The third-order valence-electron chi connectivity index (χ3n) is 1.27. The van der Waals surface area contributed by atoms with Crippen molar-refractivity contribution < 1.29 is 0 Å². The Balaban J connectivity index is 2.85. The zero-order valence-corrected chi connectivity index (χ0v) is 7.71. The first-order valence-electron chi connectivity index (χ1n) is 3.14. The van der Waals surface area contributed by atoms with E-state index in [4.69, 9.17) is 0 Å². The second-order valence-corrected chi connectivity index (χ2v) is 3.03. The molecule has 0 amide bonds. The number of rotatable bonds is 2. The second kappa shape index (κ2) is 4.29. The summed E-state index contributed by atoms with van der Waals surface area (Å²) in [4.78, 5) is 1.13. The Bertz CT molecular complexity index is 290. The fourth-order valence-electron chi connectivity index (χ4n) is 0.727. The molecule has 3 heteroatoms. The first-order valence-corrected chi connectivity index (χ1v) is 4.32. The summed E-state index contributed by atoms with van der Waals surface area (Å²) < 4.78 is 3.78. The van der Waals surface area contributed by atoms with Crippen LogP contribution in [0, 0.1) is 6.92 Å². The molecule has 0 aromatic heterocycles. The molecule has 0 heterocycles. The van der Waals surface area contributed by atoms with Gasteiger partial charge < -0.3 is 0 Å². The summed E-state index contributed by atoms with van der Waals surface area (Å²) >= 11 is 5.81. The van der Waals surface area contributed by atoms with Crippen LogP contribution in [-0.4, -0.2) is 5.16 Å². The van der Waals surface area contributed by atoms with Crippen molar-refractivity contribution in [3.63, 3.8) is 0 Å². The van der Waals surface area contributed by atoms with Crippen LogP contribution in [-0.2, 0) is 0 Å². The van der Waals surface area contributed by atoms with Gasteiger partial charge in [0.15, 0.2) is 0 Å². The average Bonchev–Trinajstić information content (AvgIpc) is 2.03. The molecule has 0 aliphatic rings. The normalized spacial score (nSPS) is 8.82. The van der Waals surface area contributed by atoms with Crippen LogP contribution < -0.4 is 0 Å². The monoisotopic (exact) mass is 181 g/mol. The zero-order chi connectivity index (χ0) is 8.10. The molecule has 1 nitrogen and oxygen atoms in total.